The minimum Gasteiger partial charge on any atom is -0.395 e. The molecular weight excluding hydrogens is 234 g/mol. The van der Waals surface area contributed by atoms with E-state index in [0.717, 1.165) is 11.1 Å². The molecule has 1 aromatic rings. The van der Waals surface area contributed by atoms with Gasteiger partial charge in [-0.3, -0.25) is 4.79 Å². The number of hydrogen-bond acceptors (Lipinski definition) is 4. The lowest BCUT2D eigenvalue weighted by Gasteiger charge is -2.20. The van der Waals surface area contributed by atoms with Crippen LogP contribution in [-0.2, 0) is 18.0 Å². The number of aliphatic hydroxyl groups is 2. The standard InChI is InChI=1S/C13H17NO4/c15-5-3-14(4-6-16)13(17)10-1-2-11-8-18-9-12(11)7-10/h1-2,7,15-16H,3-6,8-9H2. The van der Waals surface area contributed by atoms with Crippen LogP contribution in [0.3, 0.4) is 0 Å². The number of amides is 1. The van der Waals surface area contributed by atoms with E-state index in [0.29, 0.717) is 18.8 Å². The minimum atomic E-state index is -0.173. The van der Waals surface area contributed by atoms with Crippen LogP contribution in [0.25, 0.3) is 0 Å². The van der Waals surface area contributed by atoms with Gasteiger partial charge < -0.3 is 19.8 Å². The molecule has 0 bridgehead atoms. The molecule has 0 spiro atoms. The lowest BCUT2D eigenvalue weighted by Crippen LogP contribution is -2.35. The highest BCUT2D eigenvalue weighted by Gasteiger charge is 2.18. The second kappa shape index (κ2) is 5.95. The van der Waals surface area contributed by atoms with Crippen molar-refractivity contribution in [3.8, 4) is 0 Å². The van der Waals surface area contributed by atoms with Gasteiger partial charge in [0.25, 0.3) is 5.91 Å². The summed E-state index contributed by atoms with van der Waals surface area (Å²) in [6.45, 7) is 1.37. The van der Waals surface area contributed by atoms with Crippen molar-refractivity contribution in [3.63, 3.8) is 0 Å². The van der Waals surface area contributed by atoms with Gasteiger partial charge in [0.1, 0.15) is 0 Å². The summed E-state index contributed by atoms with van der Waals surface area (Å²) in [6.07, 6.45) is 0. The fraction of sp³-hybridized carbons (Fsp3) is 0.462. The Morgan fingerprint density at radius 1 is 1.17 bits per heavy atom. The Morgan fingerprint density at radius 2 is 1.83 bits per heavy atom. The predicted octanol–water partition coefficient (Wildman–Crippen LogP) is 0.144. The van der Waals surface area contributed by atoms with Crippen LogP contribution in [0.1, 0.15) is 21.5 Å². The highest BCUT2D eigenvalue weighted by Crippen LogP contribution is 2.21. The van der Waals surface area contributed by atoms with Crippen LogP contribution in [0.5, 0.6) is 0 Å². The van der Waals surface area contributed by atoms with E-state index < -0.39 is 0 Å². The van der Waals surface area contributed by atoms with Gasteiger partial charge in [0.05, 0.1) is 26.4 Å². The predicted molar refractivity (Wildman–Crippen MR) is 65.0 cm³/mol. The maximum absolute atomic E-state index is 12.2. The largest absolute Gasteiger partial charge is 0.395 e. The van der Waals surface area contributed by atoms with Gasteiger partial charge in [-0.25, -0.2) is 0 Å². The molecule has 0 atom stereocenters. The van der Waals surface area contributed by atoms with Crippen LogP contribution in [0.4, 0.5) is 0 Å². The zero-order valence-electron chi connectivity index (χ0n) is 10.1. The third-order valence-corrected chi connectivity index (χ3v) is 3.00. The molecule has 0 saturated heterocycles. The van der Waals surface area contributed by atoms with E-state index in [1.54, 1.807) is 6.07 Å². The van der Waals surface area contributed by atoms with Gasteiger partial charge in [-0.1, -0.05) is 6.07 Å². The van der Waals surface area contributed by atoms with Crippen LogP contribution < -0.4 is 0 Å². The summed E-state index contributed by atoms with van der Waals surface area (Å²) in [5.74, 6) is -0.173. The summed E-state index contributed by atoms with van der Waals surface area (Å²) < 4.78 is 5.30. The quantitative estimate of drug-likeness (QED) is 0.781. The Kier molecular flexibility index (Phi) is 4.30. The first kappa shape index (κ1) is 13.0. The highest BCUT2D eigenvalue weighted by atomic mass is 16.5. The molecule has 1 aliphatic rings. The first-order valence-electron chi connectivity index (χ1n) is 5.97. The Hall–Kier alpha value is -1.43. The average Bonchev–Trinajstić information content (AvgIpc) is 2.84. The summed E-state index contributed by atoms with van der Waals surface area (Å²) in [6, 6.07) is 5.48. The van der Waals surface area contributed by atoms with Crippen molar-refractivity contribution in [3.05, 3.63) is 34.9 Å². The summed E-state index contributed by atoms with van der Waals surface area (Å²) in [4.78, 5) is 13.6. The highest BCUT2D eigenvalue weighted by molar-refractivity contribution is 5.94. The molecule has 0 unspecified atom stereocenters. The molecule has 5 heteroatoms. The van der Waals surface area contributed by atoms with Gasteiger partial charge in [0.15, 0.2) is 0 Å². The molecule has 0 saturated carbocycles. The summed E-state index contributed by atoms with van der Waals surface area (Å²) >= 11 is 0. The molecule has 1 aromatic carbocycles. The molecule has 0 radical (unpaired) electrons. The fourth-order valence-electron chi connectivity index (χ4n) is 2.04. The molecule has 0 aliphatic carbocycles. The van der Waals surface area contributed by atoms with Gasteiger partial charge in [-0.05, 0) is 23.3 Å². The number of hydrogen-bond donors (Lipinski definition) is 2. The van der Waals surface area contributed by atoms with Crippen molar-refractivity contribution in [2.24, 2.45) is 0 Å². The molecule has 98 valence electrons. The summed E-state index contributed by atoms with van der Waals surface area (Å²) in [5.41, 5.74) is 2.72. The van der Waals surface area contributed by atoms with E-state index in [9.17, 15) is 4.79 Å². The van der Waals surface area contributed by atoms with Crippen LogP contribution in [0.15, 0.2) is 18.2 Å². The minimum absolute atomic E-state index is 0.111. The zero-order chi connectivity index (χ0) is 13.0. The van der Waals surface area contributed by atoms with E-state index in [2.05, 4.69) is 0 Å². The first-order chi connectivity index (χ1) is 8.76. The van der Waals surface area contributed by atoms with E-state index in [1.807, 2.05) is 12.1 Å². The smallest absolute Gasteiger partial charge is 0.254 e. The van der Waals surface area contributed by atoms with Crippen LogP contribution in [-0.4, -0.2) is 47.3 Å². The molecule has 0 aromatic heterocycles. The third-order valence-electron chi connectivity index (χ3n) is 3.00. The number of fused-ring (bicyclic) bond motifs is 1. The fourth-order valence-corrected chi connectivity index (χ4v) is 2.04. The number of rotatable bonds is 5. The van der Waals surface area contributed by atoms with Gasteiger partial charge in [-0.15, -0.1) is 0 Å². The van der Waals surface area contributed by atoms with Crippen LogP contribution in [0, 0.1) is 0 Å². The average molecular weight is 251 g/mol. The SMILES string of the molecule is O=C(c1ccc2c(c1)COC2)N(CCO)CCO. The third kappa shape index (κ3) is 2.69. The lowest BCUT2D eigenvalue weighted by molar-refractivity contribution is 0.0684. The molecule has 18 heavy (non-hydrogen) atoms. The molecule has 1 heterocycles. The second-order valence-electron chi connectivity index (χ2n) is 4.22. The number of ether oxygens (including phenoxy) is 1. The number of carbonyl (C=O) groups excluding carboxylic acids is 1. The lowest BCUT2D eigenvalue weighted by atomic mass is 10.1. The Bertz CT molecular complexity index is 427. The van der Waals surface area contributed by atoms with Gasteiger partial charge in [0.2, 0.25) is 0 Å². The summed E-state index contributed by atoms with van der Waals surface area (Å²) in [5, 5.41) is 17.8. The van der Waals surface area contributed by atoms with Gasteiger partial charge in [-0.2, -0.15) is 0 Å². The Morgan fingerprint density at radius 3 is 2.50 bits per heavy atom. The van der Waals surface area contributed by atoms with Crippen LogP contribution >= 0.6 is 0 Å². The Balaban J connectivity index is 2.16. The maximum Gasteiger partial charge on any atom is 0.254 e. The van der Waals surface area contributed by atoms with Crippen LogP contribution in [0.2, 0.25) is 0 Å². The topological polar surface area (TPSA) is 70.0 Å². The van der Waals surface area contributed by atoms with Crippen molar-refractivity contribution < 1.29 is 19.7 Å². The van der Waals surface area contributed by atoms with Crippen molar-refractivity contribution in [1.82, 2.24) is 4.90 Å². The van der Waals surface area contributed by atoms with E-state index in [-0.39, 0.29) is 32.2 Å². The number of benzene rings is 1. The first-order valence-corrected chi connectivity index (χ1v) is 5.97. The van der Waals surface area contributed by atoms with Crippen molar-refractivity contribution in [2.75, 3.05) is 26.3 Å². The number of aliphatic hydroxyl groups excluding tert-OH is 2. The van der Waals surface area contributed by atoms with Crippen molar-refractivity contribution >= 4 is 5.91 Å². The normalized spacial score (nSPS) is 13.4. The van der Waals surface area contributed by atoms with Crippen molar-refractivity contribution in [2.45, 2.75) is 13.2 Å². The molecule has 2 rings (SSSR count). The van der Waals surface area contributed by atoms with E-state index in [4.69, 9.17) is 14.9 Å². The molecular formula is C13H17NO4. The second-order valence-corrected chi connectivity index (χ2v) is 4.22. The maximum atomic E-state index is 12.2. The number of nitrogens with zero attached hydrogens (tertiary/aromatic N) is 1. The Labute approximate surface area is 106 Å². The molecule has 2 N–H and O–H groups in total. The number of carbonyl (C=O) groups is 1. The molecule has 1 amide bonds. The van der Waals surface area contributed by atoms with Crippen molar-refractivity contribution in [1.29, 1.82) is 0 Å². The van der Waals surface area contributed by atoms with E-state index >= 15 is 0 Å². The van der Waals surface area contributed by atoms with Gasteiger partial charge in [0, 0.05) is 18.7 Å². The van der Waals surface area contributed by atoms with E-state index in [1.165, 1.54) is 4.90 Å². The van der Waals surface area contributed by atoms with Gasteiger partial charge >= 0.3 is 0 Å². The summed E-state index contributed by atoms with van der Waals surface area (Å²) in [7, 11) is 0. The molecule has 0 fully saturated rings. The zero-order valence-corrected chi connectivity index (χ0v) is 10.1. The monoisotopic (exact) mass is 251 g/mol. The molecule has 1 aliphatic heterocycles. The molecule has 5 nitrogen and oxygen atoms in total.